The number of carbonyl (C=O) groups excluding carboxylic acids is 1. The zero-order valence-corrected chi connectivity index (χ0v) is 15.4. The van der Waals surface area contributed by atoms with Gasteiger partial charge in [-0.3, -0.25) is 15.1 Å². The van der Waals surface area contributed by atoms with E-state index in [0.717, 1.165) is 16.1 Å². The minimum atomic E-state index is -0.539. The van der Waals surface area contributed by atoms with Gasteiger partial charge in [0.15, 0.2) is 11.3 Å². The minimum absolute atomic E-state index is 0.211. The molecule has 1 amide bonds. The van der Waals surface area contributed by atoms with Crippen LogP contribution in [-0.2, 0) is 4.79 Å². The Balaban J connectivity index is 2.00. The number of benzene rings is 2. The van der Waals surface area contributed by atoms with Crippen LogP contribution in [0.1, 0.15) is 11.7 Å². The van der Waals surface area contributed by atoms with Crippen LogP contribution < -0.4 is 15.9 Å². The zero-order chi connectivity index (χ0) is 17.6. The van der Waals surface area contributed by atoms with Gasteiger partial charge >= 0.3 is 0 Å². The Morgan fingerprint density at radius 1 is 1.20 bits per heavy atom. The Bertz CT molecular complexity index is 1040. The molecular weight excluding hydrogens is 379 g/mol. The van der Waals surface area contributed by atoms with Gasteiger partial charge in [0.2, 0.25) is 0 Å². The molecule has 0 fully saturated rings. The van der Waals surface area contributed by atoms with E-state index in [1.807, 2.05) is 36.6 Å². The number of fused-ring (bicyclic) bond motifs is 2. The SMILES string of the molecule is CSC1=NN2C(=c3ccccc3=N[C@@H]2c2ccc(Cl)cc2Cl)C(=O)N1. The highest BCUT2D eigenvalue weighted by molar-refractivity contribution is 8.13. The van der Waals surface area contributed by atoms with Crippen molar-refractivity contribution in [1.82, 2.24) is 10.3 Å². The third-order valence-electron chi connectivity index (χ3n) is 3.95. The lowest BCUT2D eigenvalue weighted by molar-refractivity contribution is -0.116. The summed E-state index contributed by atoms with van der Waals surface area (Å²) in [7, 11) is 0. The van der Waals surface area contributed by atoms with Gasteiger partial charge in [-0.15, -0.1) is 5.10 Å². The van der Waals surface area contributed by atoms with Crippen molar-refractivity contribution in [1.29, 1.82) is 0 Å². The molecule has 0 aliphatic carbocycles. The standard InChI is InChI=1S/C17H12Cl2N4OS/c1-25-17-21-16(24)14-11-4-2-3-5-13(11)20-15(23(14)22-17)10-7-6-9(18)8-12(10)19/h2-8,15H,1H3,(H,21,22,24)/t15-/m0/s1. The molecule has 0 bridgehead atoms. The Kier molecular flexibility index (Phi) is 4.19. The predicted octanol–water partition coefficient (Wildman–Crippen LogP) is 2.50. The van der Waals surface area contributed by atoms with Gasteiger partial charge in [-0.25, -0.2) is 5.01 Å². The molecule has 0 spiro atoms. The monoisotopic (exact) mass is 390 g/mol. The van der Waals surface area contributed by atoms with E-state index < -0.39 is 6.17 Å². The maximum atomic E-state index is 12.7. The number of nitrogens with one attached hydrogen (secondary N) is 1. The molecule has 1 N–H and O–H groups in total. The van der Waals surface area contributed by atoms with Gasteiger partial charge in [0.1, 0.15) is 5.70 Å². The van der Waals surface area contributed by atoms with E-state index in [9.17, 15) is 4.79 Å². The molecule has 0 radical (unpaired) electrons. The summed E-state index contributed by atoms with van der Waals surface area (Å²) in [5, 5.41) is 12.0. The summed E-state index contributed by atoms with van der Waals surface area (Å²) in [6.45, 7) is 0. The summed E-state index contributed by atoms with van der Waals surface area (Å²) in [5.74, 6) is -0.211. The van der Waals surface area contributed by atoms with Crippen molar-refractivity contribution in [2.45, 2.75) is 6.17 Å². The molecule has 5 nitrogen and oxygen atoms in total. The number of hydrogen-bond acceptors (Lipinski definition) is 5. The molecule has 2 aromatic rings. The second-order valence-corrected chi connectivity index (χ2v) is 7.08. The average molecular weight is 391 g/mol. The quantitative estimate of drug-likeness (QED) is 0.813. The number of hydrogen-bond donors (Lipinski definition) is 1. The number of amidine groups is 1. The predicted molar refractivity (Wildman–Crippen MR) is 101 cm³/mol. The molecule has 2 heterocycles. The minimum Gasteiger partial charge on any atom is -0.298 e. The number of carbonyl (C=O) groups is 1. The lowest BCUT2D eigenvalue weighted by Gasteiger charge is -2.34. The number of nitrogens with zero attached hydrogens (tertiary/aromatic N) is 3. The smallest absolute Gasteiger partial charge is 0.276 e. The van der Waals surface area contributed by atoms with Crippen molar-refractivity contribution < 1.29 is 4.79 Å². The van der Waals surface area contributed by atoms with E-state index in [-0.39, 0.29) is 5.91 Å². The highest BCUT2D eigenvalue weighted by atomic mass is 35.5. The molecule has 126 valence electrons. The highest BCUT2D eigenvalue weighted by Gasteiger charge is 2.34. The highest BCUT2D eigenvalue weighted by Crippen LogP contribution is 2.35. The lowest BCUT2D eigenvalue weighted by atomic mass is 10.1. The number of amides is 1. The van der Waals surface area contributed by atoms with Crippen LogP contribution >= 0.6 is 35.0 Å². The van der Waals surface area contributed by atoms with Crippen LogP contribution in [-0.4, -0.2) is 22.3 Å². The molecular formula is C17H12Cl2N4OS. The van der Waals surface area contributed by atoms with E-state index in [1.54, 1.807) is 17.1 Å². The van der Waals surface area contributed by atoms with Crippen LogP contribution in [0.5, 0.6) is 0 Å². The zero-order valence-electron chi connectivity index (χ0n) is 13.0. The maximum Gasteiger partial charge on any atom is 0.276 e. The van der Waals surface area contributed by atoms with Gasteiger partial charge < -0.3 is 0 Å². The van der Waals surface area contributed by atoms with Crippen molar-refractivity contribution >= 4 is 51.7 Å². The summed E-state index contributed by atoms with van der Waals surface area (Å²) in [6, 6.07) is 12.7. The molecule has 4 rings (SSSR count). The molecule has 1 atom stereocenters. The summed E-state index contributed by atoms with van der Waals surface area (Å²) < 4.78 is 0. The number of thioether (sulfide) groups is 1. The van der Waals surface area contributed by atoms with Gasteiger partial charge in [0, 0.05) is 20.8 Å². The Hall–Kier alpha value is -2.02. The van der Waals surface area contributed by atoms with E-state index in [4.69, 9.17) is 28.2 Å². The number of halogens is 2. The van der Waals surface area contributed by atoms with Crippen LogP contribution in [0.25, 0.3) is 5.70 Å². The summed E-state index contributed by atoms with van der Waals surface area (Å²) in [6.07, 6.45) is 1.31. The molecule has 2 aliphatic heterocycles. The molecule has 0 saturated carbocycles. The molecule has 0 aromatic heterocycles. The van der Waals surface area contributed by atoms with E-state index in [1.165, 1.54) is 11.8 Å². The van der Waals surface area contributed by atoms with Crippen LogP contribution in [0.2, 0.25) is 10.0 Å². The van der Waals surface area contributed by atoms with Gasteiger partial charge in [-0.05, 0) is 24.5 Å². The first-order valence-corrected chi connectivity index (χ1v) is 9.42. The van der Waals surface area contributed by atoms with Crippen molar-refractivity contribution in [3.63, 3.8) is 0 Å². The van der Waals surface area contributed by atoms with E-state index >= 15 is 0 Å². The summed E-state index contributed by atoms with van der Waals surface area (Å²) >= 11 is 13.8. The molecule has 2 aromatic carbocycles. The summed E-state index contributed by atoms with van der Waals surface area (Å²) in [5.41, 5.74) is 1.19. The Morgan fingerprint density at radius 2 is 2.00 bits per heavy atom. The van der Waals surface area contributed by atoms with Crippen LogP contribution in [0.4, 0.5) is 0 Å². The van der Waals surface area contributed by atoms with E-state index in [2.05, 4.69) is 10.4 Å². The fourth-order valence-electron chi connectivity index (χ4n) is 2.83. The average Bonchev–Trinajstić information content (AvgIpc) is 2.61. The second kappa shape index (κ2) is 6.37. The van der Waals surface area contributed by atoms with Crippen molar-refractivity contribution in [2.24, 2.45) is 10.1 Å². The van der Waals surface area contributed by atoms with Gasteiger partial charge in [-0.1, -0.05) is 59.2 Å². The van der Waals surface area contributed by atoms with Crippen molar-refractivity contribution in [2.75, 3.05) is 6.26 Å². The summed E-state index contributed by atoms with van der Waals surface area (Å²) in [4.78, 5) is 17.5. The third-order valence-corrected chi connectivity index (χ3v) is 5.08. The fourth-order valence-corrected chi connectivity index (χ4v) is 3.70. The third kappa shape index (κ3) is 2.80. The van der Waals surface area contributed by atoms with Crippen molar-refractivity contribution in [3.05, 3.63) is 68.6 Å². The van der Waals surface area contributed by atoms with Crippen LogP contribution in [0, 0.1) is 0 Å². The first-order chi connectivity index (χ1) is 12.1. The lowest BCUT2D eigenvalue weighted by Crippen LogP contribution is -2.50. The fraction of sp³-hybridized carbons (Fsp3) is 0.118. The van der Waals surface area contributed by atoms with Crippen LogP contribution in [0.15, 0.2) is 52.6 Å². The second-order valence-electron chi connectivity index (χ2n) is 5.44. The molecule has 8 heteroatoms. The Morgan fingerprint density at radius 3 is 2.76 bits per heavy atom. The van der Waals surface area contributed by atoms with Gasteiger partial charge in [0.25, 0.3) is 5.91 Å². The molecule has 25 heavy (non-hydrogen) atoms. The number of para-hydroxylation sites is 1. The molecule has 0 saturated heterocycles. The Labute approximate surface area is 158 Å². The first kappa shape index (κ1) is 16.4. The van der Waals surface area contributed by atoms with Gasteiger partial charge in [0.05, 0.1) is 5.36 Å². The normalized spacial score (nSPS) is 18.8. The molecule has 0 unspecified atom stereocenters. The van der Waals surface area contributed by atoms with Gasteiger partial charge in [-0.2, -0.15) is 0 Å². The van der Waals surface area contributed by atoms with Crippen molar-refractivity contribution in [3.8, 4) is 0 Å². The van der Waals surface area contributed by atoms with Crippen LogP contribution in [0.3, 0.4) is 0 Å². The first-order valence-electron chi connectivity index (χ1n) is 7.44. The topological polar surface area (TPSA) is 57.1 Å². The maximum absolute atomic E-state index is 12.7. The van der Waals surface area contributed by atoms with E-state index in [0.29, 0.717) is 20.9 Å². The molecule has 2 aliphatic rings. The number of rotatable bonds is 1. The largest absolute Gasteiger partial charge is 0.298 e. The number of hydrazone groups is 1.